The fourth-order valence-corrected chi connectivity index (χ4v) is 3.90. The minimum absolute atomic E-state index is 0. The predicted molar refractivity (Wildman–Crippen MR) is 86.9 cm³/mol. The lowest BCUT2D eigenvalue weighted by molar-refractivity contribution is -0.146. The van der Waals surface area contributed by atoms with Crippen LogP contribution in [-0.2, 0) is 14.4 Å². The Bertz CT molecular complexity index is 481. The van der Waals surface area contributed by atoms with Gasteiger partial charge in [-0.3, -0.25) is 14.4 Å². The van der Waals surface area contributed by atoms with Gasteiger partial charge >= 0.3 is 0 Å². The molecular weight excluding hydrogens is 320 g/mol. The molecule has 3 fully saturated rings. The van der Waals surface area contributed by atoms with Gasteiger partial charge in [-0.1, -0.05) is 0 Å². The largest absolute Gasteiger partial charge is 0.368 e. The number of amides is 3. The third-order valence-corrected chi connectivity index (χ3v) is 5.04. The summed E-state index contributed by atoms with van der Waals surface area (Å²) in [4.78, 5) is 40.2. The molecule has 130 valence electrons. The van der Waals surface area contributed by atoms with Crippen LogP contribution in [0.1, 0.15) is 38.5 Å². The molecule has 0 aromatic carbocycles. The number of hydrogen-bond donors (Lipinski definition) is 2. The van der Waals surface area contributed by atoms with E-state index in [0.29, 0.717) is 25.9 Å². The quantitative estimate of drug-likeness (QED) is 0.730. The van der Waals surface area contributed by atoms with Crippen molar-refractivity contribution < 1.29 is 14.4 Å². The average Bonchev–Trinajstić information content (AvgIpc) is 3.25. The van der Waals surface area contributed by atoms with Crippen LogP contribution in [0.3, 0.4) is 0 Å². The zero-order valence-electron chi connectivity index (χ0n) is 13.2. The summed E-state index contributed by atoms with van der Waals surface area (Å²) in [7, 11) is 0. The number of primary amides is 1. The molecule has 3 rings (SSSR count). The molecule has 3 saturated heterocycles. The highest BCUT2D eigenvalue weighted by Gasteiger charge is 2.42. The molecule has 0 aromatic rings. The minimum Gasteiger partial charge on any atom is -0.368 e. The van der Waals surface area contributed by atoms with Gasteiger partial charge in [0.2, 0.25) is 17.7 Å². The highest BCUT2D eigenvalue weighted by atomic mass is 35.5. The predicted octanol–water partition coefficient (Wildman–Crippen LogP) is -0.372. The van der Waals surface area contributed by atoms with Gasteiger partial charge in [0, 0.05) is 13.1 Å². The normalized spacial score (nSPS) is 30.3. The number of nitrogens with one attached hydrogen (secondary N) is 1. The van der Waals surface area contributed by atoms with Gasteiger partial charge in [-0.25, -0.2) is 0 Å². The Morgan fingerprint density at radius 2 is 1.48 bits per heavy atom. The van der Waals surface area contributed by atoms with E-state index in [-0.39, 0.29) is 30.3 Å². The van der Waals surface area contributed by atoms with E-state index in [0.717, 1.165) is 32.2 Å². The first-order valence-corrected chi connectivity index (χ1v) is 8.23. The van der Waals surface area contributed by atoms with Crippen molar-refractivity contribution in [2.24, 2.45) is 5.73 Å². The number of carbonyl (C=O) groups excluding carboxylic acids is 3. The molecule has 0 aromatic heterocycles. The summed E-state index contributed by atoms with van der Waals surface area (Å²) in [6, 6.07) is -1.08. The van der Waals surface area contributed by atoms with Gasteiger partial charge in [0.25, 0.3) is 0 Å². The molecule has 3 aliphatic heterocycles. The summed E-state index contributed by atoms with van der Waals surface area (Å²) in [5, 5.41) is 3.20. The molecule has 3 heterocycles. The van der Waals surface area contributed by atoms with Crippen molar-refractivity contribution in [1.82, 2.24) is 15.1 Å². The number of likely N-dealkylation sites (tertiary alicyclic amines) is 2. The molecule has 0 aliphatic carbocycles. The molecule has 3 amide bonds. The summed E-state index contributed by atoms with van der Waals surface area (Å²) >= 11 is 0. The molecular formula is C15H25ClN4O3. The van der Waals surface area contributed by atoms with Crippen LogP contribution in [0.4, 0.5) is 0 Å². The summed E-state index contributed by atoms with van der Waals surface area (Å²) in [6.07, 6.45) is 4.78. The molecule has 23 heavy (non-hydrogen) atoms. The number of carbonyl (C=O) groups is 3. The molecule has 3 atom stereocenters. The van der Waals surface area contributed by atoms with Crippen molar-refractivity contribution in [1.29, 1.82) is 0 Å². The maximum Gasteiger partial charge on any atom is 0.246 e. The van der Waals surface area contributed by atoms with Gasteiger partial charge in [-0.05, 0) is 45.1 Å². The van der Waals surface area contributed by atoms with E-state index in [1.165, 1.54) is 0 Å². The fraction of sp³-hybridized carbons (Fsp3) is 0.800. The Hall–Kier alpha value is -1.34. The standard InChI is InChI=1S/C15H24N4O3.ClH/c16-13(20)11-5-2-8-18(11)15(22)12-6-3-9-19(12)14(21)10-4-1-7-17-10;/h10-12,17H,1-9H2,(H2,16,20);1H/t10-,11-,12-;/m0./s1. The van der Waals surface area contributed by atoms with Crippen LogP contribution in [0.5, 0.6) is 0 Å². The van der Waals surface area contributed by atoms with Crippen molar-refractivity contribution in [3.63, 3.8) is 0 Å². The Balaban J connectivity index is 0.00000192. The molecule has 3 aliphatic rings. The van der Waals surface area contributed by atoms with Gasteiger partial charge in [0.1, 0.15) is 12.1 Å². The smallest absolute Gasteiger partial charge is 0.246 e. The third kappa shape index (κ3) is 3.45. The van der Waals surface area contributed by atoms with Gasteiger partial charge in [-0.2, -0.15) is 0 Å². The van der Waals surface area contributed by atoms with E-state index in [2.05, 4.69) is 5.32 Å². The molecule has 0 bridgehead atoms. The van der Waals surface area contributed by atoms with Crippen molar-refractivity contribution in [3.8, 4) is 0 Å². The molecule has 3 N–H and O–H groups in total. The van der Waals surface area contributed by atoms with E-state index in [9.17, 15) is 14.4 Å². The monoisotopic (exact) mass is 344 g/mol. The van der Waals surface area contributed by atoms with Gasteiger partial charge in [0.05, 0.1) is 6.04 Å². The van der Waals surface area contributed by atoms with E-state index in [4.69, 9.17) is 5.73 Å². The Labute approximate surface area is 142 Å². The summed E-state index contributed by atoms with van der Waals surface area (Å²) in [5.41, 5.74) is 5.40. The average molecular weight is 345 g/mol. The maximum absolute atomic E-state index is 12.8. The van der Waals surface area contributed by atoms with Crippen molar-refractivity contribution >= 4 is 30.1 Å². The second-order valence-corrected chi connectivity index (χ2v) is 6.43. The molecule has 0 unspecified atom stereocenters. The number of halogens is 1. The first kappa shape index (κ1) is 18.0. The van der Waals surface area contributed by atoms with E-state index < -0.39 is 18.0 Å². The lowest BCUT2D eigenvalue weighted by atomic mass is 10.1. The van der Waals surface area contributed by atoms with Crippen LogP contribution >= 0.6 is 12.4 Å². The highest BCUT2D eigenvalue weighted by molar-refractivity contribution is 5.93. The van der Waals surface area contributed by atoms with Crippen LogP contribution < -0.4 is 11.1 Å². The number of nitrogens with two attached hydrogens (primary N) is 1. The highest BCUT2D eigenvalue weighted by Crippen LogP contribution is 2.26. The second kappa shape index (κ2) is 7.49. The fourth-order valence-electron chi connectivity index (χ4n) is 3.90. The Morgan fingerprint density at radius 3 is 2.04 bits per heavy atom. The zero-order chi connectivity index (χ0) is 15.7. The zero-order valence-corrected chi connectivity index (χ0v) is 14.0. The molecule has 0 saturated carbocycles. The topological polar surface area (TPSA) is 95.7 Å². The van der Waals surface area contributed by atoms with Crippen molar-refractivity contribution in [2.45, 2.75) is 56.7 Å². The van der Waals surface area contributed by atoms with Gasteiger partial charge in [-0.15, -0.1) is 12.4 Å². The summed E-state index contributed by atoms with van der Waals surface area (Å²) in [5.74, 6) is -0.521. The van der Waals surface area contributed by atoms with E-state index in [1.807, 2.05) is 0 Å². The summed E-state index contributed by atoms with van der Waals surface area (Å²) < 4.78 is 0. The van der Waals surface area contributed by atoms with Gasteiger partial charge < -0.3 is 20.9 Å². The van der Waals surface area contributed by atoms with Crippen LogP contribution in [0.25, 0.3) is 0 Å². The SMILES string of the molecule is Cl.NC(=O)[C@@H]1CCCN1C(=O)[C@@H]1CCCN1C(=O)[C@@H]1CCCN1. The van der Waals surface area contributed by atoms with Crippen LogP contribution in [0, 0.1) is 0 Å². The molecule has 7 nitrogen and oxygen atoms in total. The number of nitrogens with zero attached hydrogens (tertiary/aromatic N) is 2. The van der Waals surface area contributed by atoms with E-state index in [1.54, 1.807) is 9.80 Å². The first-order valence-electron chi connectivity index (χ1n) is 8.23. The van der Waals surface area contributed by atoms with Crippen LogP contribution in [0.2, 0.25) is 0 Å². The molecule has 8 heteroatoms. The minimum atomic E-state index is -0.505. The third-order valence-electron chi connectivity index (χ3n) is 5.04. The Morgan fingerprint density at radius 1 is 0.870 bits per heavy atom. The maximum atomic E-state index is 12.8. The number of hydrogen-bond acceptors (Lipinski definition) is 4. The Kier molecular flexibility index (Phi) is 5.86. The van der Waals surface area contributed by atoms with E-state index >= 15 is 0 Å². The number of rotatable bonds is 3. The summed E-state index contributed by atoms with van der Waals surface area (Å²) in [6.45, 7) is 2.05. The van der Waals surface area contributed by atoms with Gasteiger partial charge in [0.15, 0.2) is 0 Å². The second-order valence-electron chi connectivity index (χ2n) is 6.43. The molecule has 0 radical (unpaired) electrons. The van der Waals surface area contributed by atoms with Crippen molar-refractivity contribution in [2.75, 3.05) is 19.6 Å². The lowest BCUT2D eigenvalue weighted by Crippen LogP contribution is -2.54. The lowest BCUT2D eigenvalue weighted by Gasteiger charge is -2.31. The first-order chi connectivity index (χ1) is 10.6. The van der Waals surface area contributed by atoms with Crippen LogP contribution in [-0.4, -0.2) is 65.3 Å². The van der Waals surface area contributed by atoms with Crippen molar-refractivity contribution in [3.05, 3.63) is 0 Å². The molecule has 0 spiro atoms. The van der Waals surface area contributed by atoms with Crippen LogP contribution in [0.15, 0.2) is 0 Å².